The van der Waals surface area contributed by atoms with Gasteiger partial charge >= 0.3 is 13.8 Å². The van der Waals surface area contributed by atoms with Gasteiger partial charge in [-0.05, 0) is 63.9 Å². The third-order valence-corrected chi connectivity index (χ3v) is 15.8. The third-order valence-electron chi connectivity index (χ3n) is 14.8. The minimum atomic E-state index is -4.45. The lowest BCUT2D eigenvalue weighted by atomic mass is 10.0. The van der Waals surface area contributed by atoms with Crippen molar-refractivity contribution in [3.05, 3.63) is 36.5 Å². The number of rotatable bonds is 60. The van der Waals surface area contributed by atoms with Gasteiger partial charge in [-0.1, -0.05) is 282 Å². The molecule has 3 unspecified atom stereocenters. The van der Waals surface area contributed by atoms with Crippen LogP contribution in [-0.2, 0) is 27.9 Å². The quantitative estimate of drug-likeness (QED) is 0.0205. The molecule has 0 saturated carbocycles. The maximum absolute atomic E-state index is 13.6. The largest absolute Gasteiger partial charge is 0.472 e. The lowest BCUT2D eigenvalue weighted by Crippen LogP contribution is -2.47. The van der Waals surface area contributed by atoms with Crippen LogP contribution in [-0.4, -0.2) is 74.3 Å². The van der Waals surface area contributed by atoms with E-state index in [1.807, 2.05) is 33.3 Å². The molecular formula is C66H128N2O7P+. The van der Waals surface area contributed by atoms with Gasteiger partial charge in [-0.15, -0.1) is 0 Å². The van der Waals surface area contributed by atoms with Crippen LogP contribution in [0.25, 0.3) is 0 Å². The summed E-state index contributed by atoms with van der Waals surface area (Å²) in [6.07, 6.45) is 68.5. The molecule has 0 aliphatic rings. The molecule has 0 heterocycles. The predicted octanol–water partition coefficient (Wildman–Crippen LogP) is 20.3. The van der Waals surface area contributed by atoms with Crippen LogP contribution < -0.4 is 5.32 Å². The van der Waals surface area contributed by atoms with Crippen molar-refractivity contribution in [1.29, 1.82) is 0 Å². The number of nitrogens with zero attached hydrogens (tertiary/aromatic N) is 1. The van der Waals surface area contributed by atoms with E-state index < -0.39 is 20.0 Å². The van der Waals surface area contributed by atoms with Crippen LogP contribution in [0.3, 0.4) is 0 Å². The van der Waals surface area contributed by atoms with E-state index in [1.54, 1.807) is 0 Å². The summed E-state index contributed by atoms with van der Waals surface area (Å²) in [6, 6.07) is -0.847. The van der Waals surface area contributed by atoms with Gasteiger partial charge in [0.2, 0.25) is 5.91 Å². The van der Waals surface area contributed by atoms with Gasteiger partial charge in [-0.3, -0.25) is 18.6 Å². The molecular weight excluding hydrogens is 964 g/mol. The second-order valence-electron chi connectivity index (χ2n) is 23.6. The fourth-order valence-corrected chi connectivity index (χ4v) is 10.5. The van der Waals surface area contributed by atoms with E-state index in [-0.39, 0.29) is 25.1 Å². The minimum absolute atomic E-state index is 0.0418. The Bertz CT molecular complexity index is 1400. The number of phosphoric ester groups is 1. The average Bonchev–Trinajstić information content (AvgIpc) is 3.38. The Hall–Kier alpha value is -1.77. The molecule has 9 nitrogen and oxygen atoms in total. The number of hydrogen-bond donors (Lipinski definition) is 2. The molecule has 0 fully saturated rings. The van der Waals surface area contributed by atoms with Crippen molar-refractivity contribution in [3.8, 4) is 0 Å². The number of unbranched alkanes of at least 4 members (excludes halogenated alkanes) is 40. The van der Waals surface area contributed by atoms with E-state index in [4.69, 9.17) is 13.8 Å². The Morgan fingerprint density at radius 3 is 1.21 bits per heavy atom. The summed E-state index contributed by atoms with van der Waals surface area (Å²) in [6.45, 7) is 7.03. The van der Waals surface area contributed by atoms with Crippen molar-refractivity contribution in [1.82, 2.24) is 5.32 Å². The molecule has 0 aromatic rings. The lowest BCUT2D eigenvalue weighted by Gasteiger charge is -2.27. The van der Waals surface area contributed by atoms with Gasteiger partial charge in [-0.2, -0.15) is 0 Å². The SMILES string of the molecule is CCCCC/C=C\C/C=C\CCCCCCCCCCCC(=O)NC(COP(=O)(O)OCC[N+](C)(C)C)C(/C=C/CCCCCCCCCCCC)OC(=O)CCCCCCCCCCCCCCCCCCCCC. The maximum Gasteiger partial charge on any atom is 0.472 e. The number of allylic oxidation sites excluding steroid dienone is 5. The van der Waals surface area contributed by atoms with Crippen LogP contribution in [0, 0.1) is 0 Å². The number of nitrogens with one attached hydrogen (secondary N) is 1. The first-order valence-corrected chi connectivity index (χ1v) is 34.3. The van der Waals surface area contributed by atoms with Gasteiger partial charge in [0.05, 0.1) is 33.8 Å². The first-order valence-electron chi connectivity index (χ1n) is 32.8. The lowest BCUT2D eigenvalue weighted by molar-refractivity contribution is -0.870. The molecule has 448 valence electrons. The van der Waals surface area contributed by atoms with Crippen LogP contribution in [0.2, 0.25) is 0 Å². The van der Waals surface area contributed by atoms with Gasteiger partial charge < -0.3 is 19.4 Å². The molecule has 1 amide bonds. The Kier molecular flexibility index (Phi) is 55.2. The summed E-state index contributed by atoms with van der Waals surface area (Å²) < 4.78 is 30.8. The summed E-state index contributed by atoms with van der Waals surface area (Å²) in [5, 5.41) is 3.07. The number of likely N-dealkylation sites (N-methyl/N-ethyl adjacent to an activating group) is 1. The molecule has 0 radical (unpaired) electrons. The van der Waals surface area contributed by atoms with E-state index in [9.17, 15) is 19.0 Å². The zero-order valence-corrected chi connectivity index (χ0v) is 52.2. The second kappa shape index (κ2) is 56.5. The first kappa shape index (κ1) is 74.2. The van der Waals surface area contributed by atoms with Crippen molar-refractivity contribution in [2.45, 2.75) is 335 Å². The van der Waals surface area contributed by atoms with Gasteiger partial charge in [0.25, 0.3) is 0 Å². The van der Waals surface area contributed by atoms with Crippen LogP contribution >= 0.6 is 7.82 Å². The van der Waals surface area contributed by atoms with Crippen molar-refractivity contribution < 1.29 is 37.3 Å². The molecule has 0 saturated heterocycles. The van der Waals surface area contributed by atoms with E-state index in [0.29, 0.717) is 23.9 Å². The number of phosphoric acid groups is 1. The molecule has 0 aliphatic heterocycles. The van der Waals surface area contributed by atoms with Crippen molar-refractivity contribution in [2.75, 3.05) is 40.9 Å². The molecule has 10 heteroatoms. The number of hydrogen-bond acceptors (Lipinski definition) is 6. The van der Waals surface area contributed by atoms with Gasteiger partial charge in [-0.25, -0.2) is 4.57 Å². The van der Waals surface area contributed by atoms with Crippen LogP contribution in [0.1, 0.15) is 323 Å². The number of esters is 1. The highest BCUT2D eigenvalue weighted by molar-refractivity contribution is 7.47. The van der Waals surface area contributed by atoms with E-state index in [0.717, 1.165) is 64.2 Å². The number of ether oxygens (including phenoxy) is 1. The molecule has 3 atom stereocenters. The Labute approximate surface area is 472 Å². The molecule has 2 N–H and O–H groups in total. The Morgan fingerprint density at radius 1 is 0.461 bits per heavy atom. The summed E-state index contributed by atoms with van der Waals surface area (Å²) in [4.78, 5) is 37.8. The third kappa shape index (κ3) is 56.9. The van der Waals surface area contributed by atoms with Crippen molar-refractivity contribution in [3.63, 3.8) is 0 Å². The van der Waals surface area contributed by atoms with E-state index in [1.165, 1.54) is 225 Å². The zero-order valence-electron chi connectivity index (χ0n) is 51.3. The fraction of sp³-hybridized carbons (Fsp3) is 0.879. The monoisotopic (exact) mass is 1090 g/mol. The van der Waals surface area contributed by atoms with Crippen molar-refractivity contribution in [2.24, 2.45) is 0 Å². The smallest absolute Gasteiger partial charge is 0.456 e. The number of amides is 1. The van der Waals surface area contributed by atoms with Crippen LogP contribution in [0.4, 0.5) is 0 Å². The first-order chi connectivity index (χ1) is 36.9. The highest BCUT2D eigenvalue weighted by atomic mass is 31.2. The molecule has 0 aromatic heterocycles. The molecule has 0 aromatic carbocycles. The Balaban J connectivity index is 5.17. The minimum Gasteiger partial charge on any atom is -0.456 e. The Morgan fingerprint density at radius 2 is 0.803 bits per heavy atom. The van der Waals surface area contributed by atoms with Crippen molar-refractivity contribution >= 4 is 19.7 Å². The van der Waals surface area contributed by atoms with Crippen LogP contribution in [0.5, 0.6) is 0 Å². The standard InChI is InChI=1S/C66H127N2O7P/c1-7-10-13-16-19-22-25-28-30-32-34-36-38-40-43-46-49-52-55-58-65(69)67-63(62-74-76(71,72)73-61-60-68(4,5)6)64(57-54-51-48-45-42-27-24-21-18-15-12-9-3)75-66(70)59-56-53-50-47-44-41-39-37-35-33-31-29-26-23-20-17-14-11-8-2/h19,22,28,30,54,57,63-64H,7-18,20-21,23-27,29,31-53,55-56,58-62H2,1-6H3,(H-,67,69,71,72)/p+1/b22-19-,30-28-,57-54+. The molecule has 0 bridgehead atoms. The maximum atomic E-state index is 13.6. The highest BCUT2D eigenvalue weighted by Crippen LogP contribution is 2.43. The normalized spacial score (nSPS) is 13.8. The number of carbonyl (C=O) groups excluding carboxylic acids is 2. The summed E-state index contributed by atoms with van der Waals surface area (Å²) in [5.41, 5.74) is 0. The summed E-state index contributed by atoms with van der Waals surface area (Å²) in [5.74, 6) is -0.494. The van der Waals surface area contributed by atoms with Crippen LogP contribution in [0.15, 0.2) is 36.5 Å². The summed E-state index contributed by atoms with van der Waals surface area (Å²) >= 11 is 0. The summed E-state index contributed by atoms with van der Waals surface area (Å²) in [7, 11) is 1.51. The molecule has 0 rings (SSSR count). The van der Waals surface area contributed by atoms with Gasteiger partial charge in [0.15, 0.2) is 0 Å². The topological polar surface area (TPSA) is 111 Å². The number of carbonyl (C=O) groups is 2. The van der Waals surface area contributed by atoms with Gasteiger partial charge in [0.1, 0.15) is 19.3 Å². The van der Waals surface area contributed by atoms with E-state index in [2.05, 4.69) is 50.4 Å². The molecule has 0 spiro atoms. The predicted molar refractivity (Wildman–Crippen MR) is 328 cm³/mol. The molecule has 0 aliphatic carbocycles. The highest BCUT2D eigenvalue weighted by Gasteiger charge is 2.30. The average molecular weight is 1090 g/mol. The molecule has 76 heavy (non-hydrogen) atoms. The van der Waals surface area contributed by atoms with Gasteiger partial charge in [0, 0.05) is 12.8 Å². The zero-order chi connectivity index (χ0) is 55.7. The van der Waals surface area contributed by atoms with E-state index >= 15 is 0 Å². The fourth-order valence-electron chi connectivity index (χ4n) is 9.74. The number of quaternary nitrogens is 1. The second-order valence-corrected chi connectivity index (χ2v) is 25.1.